The minimum absolute atomic E-state index is 0.0995. The number of aryl methyl sites for hydroxylation is 2. The average Bonchev–Trinajstić information content (AvgIpc) is 2.67. The predicted molar refractivity (Wildman–Crippen MR) is 111 cm³/mol. The summed E-state index contributed by atoms with van der Waals surface area (Å²) in [5.41, 5.74) is 3.12. The van der Waals surface area contributed by atoms with Crippen molar-refractivity contribution in [2.24, 2.45) is 0 Å². The molecule has 0 saturated heterocycles. The molecule has 0 radical (unpaired) electrons. The number of carbonyl (C=O) groups excluding carboxylic acids is 1. The first-order valence-corrected chi connectivity index (χ1v) is 9.50. The molecule has 0 spiro atoms. The number of hydrogen-bond acceptors (Lipinski definition) is 3. The van der Waals surface area contributed by atoms with Crippen LogP contribution in [0.5, 0.6) is 5.75 Å². The highest BCUT2D eigenvalue weighted by atomic mass is 32.2. The maximum Gasteiger partial charge on any atom is 0.321 e. The molecule has 4 nitrogen and oxygen atoms in total. The van der Waals surface area contributed by atoms with Crippen LogP contribution in [0.15, 0.2) is 82.6 Å². The standard InChI is InChI=1S/C22H22N2O2S/c1-16-12-13-18(14-17(16)2)26-15-23-22(25)24-20-10-6-7-11-21(20)27-19-8-4-3-5-9-19/h3-14H,15H2,1-2H3,(H2,23,24,25). The van der Waals surface area contributed by atoms with E-state index in [0.29, 0.717) is 0 Å². The molecule has 2 N–H and O–H groups in total. The van der Waals surface area contributed by atoms with E-state index in [2.05, 4.69) is 17.6 Å². The molecule has 3 rings (SSSR count). The van der Waals surface area contributed by atoms with Gasteiger partial charge in [0.05, 0.1) is 5.69 Å². The van der Waals surface area contributed by atoms with Crippen LogP contribution in [-0.4, -0.2) is 12.8 Å². The van der Waals surface area contributed by atoms with Gasteiger partial charge in [0.2, 0.25) is 0 Å². The fourth-order valence-corrected chi connectivity index (χ4v) is 3.35. The summed E-state index contributed by atoms with van der Waals surface area (Å²) in [5, 5.41) is 5.61. The number of hydrogen-bond donors (Lipinski definition) is 2. The Bertz CT molecular complexity index is 913. The molecule has 3 aromatic carbocycles. The zero-order valence-electron chi connectivity index (χ0n) is 15.4. The molecule has 0 aliphatic rings. The van der Waals surface area contributed by atoms with Crippen molar-refractivity contribution in [3.8, 4) is 5.75 Å². The smallest absolute Gasteiger partial charge is 0.321 e. The first-order valence-electron chi connectivity index (χ1n) is 8.68. The van der Waals surface area contributed by atoms with Crippen LogP contribution in [-0.2, 0) is 0 Å². The lowest BCUT2D eigenvalue weighted by molar-refractivity contribution is 0.234. The van der Waals surface area contributed by atoms with Gasteiger partial charge in [0.1, 0.15) is 5.75 Å². The molecule has 0 saturated carbocycles. The highest BCUT2D eigenvalue weighted by Crippen LogP contribution is 2.33. The number of para-hydroxylation sites is 1. The van der Waals surface area contributed by atoms with E-state index in [0.717, 1.165) is 26.8 Å². The number of anilines is 1. The molecule has 0 fully saturated rings. The van der Waals surface area contributed by atoms with Crippen LogP contribution in [0.4, 0.5) is 10.5 Å². The Balaban J connectivity index is 1.55. The van der Waals surface area contributed by atoms with Crippen LogP contribution >= 0.6 is 11.8 Å². The van der Waals surface area contributed by atoms with Crippen molar-refractivity contribution in [3.05, 3.63) is 83.9 Å². The van der Waals surface area contributed by atoms with Gasteiger partial charge >= 0.3 is 6.03 Å². The van der Waals surface area contributed by atoms with Crippen molar-refractivity contribution < 1.29 is 9.53 Å². The number of carbonyl (C=O) groups is 1. The topological polar surface area (TPSA) is 50.4 Å². The van der Waals surface area contributed by atoms with Crippen molar-refractivity contribution >= 4 is 23.5 Å². The van der Waals surface area contributed by atoms with Crippen molar-refractivity contribution in [1.29, 1.82) is 0 Å². The van der Waals surface area contributed by atoms with Gasteiger partial charge in [-0.3, -0.25) is 0 Å². The second-order valence-corrected chi connectivity index (χ2v) is 7.19. The van der Waals surface area contributed by atoms with Crippen LogP contribution in [0.2, 0.25) is 0 Å². The molecule has 0 bridgehead atoms. The van der Waals surface area contributed by atoms with Gasteiger partial charge in [0.25, 0.3) is 0 Å². The van der Waals surface area contributed by atoms with Crippen LogP contribution < -0.4 is 15.4 Å². The molecule has 2 amide bonds. The third-order valence-electron chi connectivity index (χ3n) is 4.06. The monoisotopic (exact) mass is 378 g/mol. The summed E-state index contributed by atoms with van der Waals surface area (Å²) in [6.07, 6.45) is 0. The van der Waals surface area contributed by atoms with Crippen LogP contribution in [0.1, 0.15) is 11.1 Å². The lowest BCUT2D eigenvalue weighted by Gasteiger charge is -2.13. The molecule has 138 valence electrons. The molecule has 0 aliphatic carbocycles. The Labute approximate surface area is 164 Å². The van der Waals surface area contributed by atoms with Gasteiger partial charge < -0.3 is 15.4 Å². The number of rotatable bonds is 6. The van der Waals surface area contributed by atoms with E-state index in [4.69, 9.17) is 4.74 Å². The SMILES string of the molecule is Cc1ccc(OCNC(=O)Nc2ccccc2Sc2ccccc2)cc1C. The zero-order valence-corrected chi connectivity index (χ0v) is 16.2. The lowest BCUT2D eigenvalue weighted by Crippen LogP contribution is -2.32. The zero-order chi connectivity index (χ0) is 19.1. The fraction of sp³-hybridized carbons (Fsp3) is 0.136. The second-order valence-electron chi connectivity index (χ2n) is 6.08. The highest BCUT2D eigenvalue weighted by Gasteiger charge is 2.08. The molecular weight excluding hydrogens is 356 g/mol. The minimum atomic E-state index is -0.306. The summed E-state index contributed by atoms with van der Waals surface area (Å²) < 4.78 is 5.60. The summed E-state index contributed by atoms with van der Waals surface area (Å²) in [5.74, 6) is 0.735. The Morgan fingerprint density at radius 1 is 0.926 bits per heavy atom. The molecular formula is C22H22N2O2S. The Kier molecular flexibility index (Phi) is 6.39. The van der Waals surface area contributed by atoms with E-state index < -0.39 is 0 Å². The summed E-state index contributed by atoms with van der Waals surface area (Å²) in [7, 11) is 0. The van der Waals surface area contributed by atoms with Gasteiger partial charge in [-0.2, -0.15) is 0 Å². The average molecular weight is 378 g/mol. The quantitative estimate of drug-likeness (QED) is 0.548. The summed E-state index contributed by atoms with van der Waals surface area (Å²) in [6, 6.07) is 23.3. The lowest BCUT2D eigenvalue weighted by atomic mass is 10.1. The van der Waals surface area contributed by atoms with Gasteiger partial charge in [-0.25, -0.2) is 4.79 Å². The van der Waals surface area contributed by atoms with Gasteiger partial charge in [0.15, 0.2) is 6.73 Å². The second kappa shape index (κ2) is 9.14. The van der Waals surface area contributed by atoms with Crippen molar-refractivity contribution in [3.63, 3.8) is 0 Å². The third kappa shape index (κ3) is 5.53. The van der Waals surface area contributed by atoms with E-state index in [9.17, 15) is 4.79 Å². The van der Waals surface area contributed by atoms with E-state index in [1.807, 2.05) is 79.7 Å². The number of nitrogens with one attached hydrogen (secondary N) is 2. The summed E-state index contributed by atoms with van der Waals surface area (Å²) >= 11 is 1.61. The molecule has 0 heterocycles. The van der Waals surface area contributed by atoms with Crippen molar-refractivity contribution in [2.75, 3.05) is 12.0 Å². The first-order chi connectivity index (χ1) is 13.1. The molecule has 5 heteroatoms. The number of amides is 2. The van der Waals surface area contributed by atoms with Crippen molar-refractivity contribution in [2.45, 2.75) is 23.6 Å². The van der Waals surface area contributed by atoms with E-state index in [1.54, 1.807) is 11.8 Å². The summed E-state index contributed by atoms with van der Waals surface area (Å²) in [6.45, 7) is 4.18. The third-order valence-corrected chi connectivity index (χ3v) is 5.14. The van der Waals surface area contributed by atoms with E-state index >= 15 is 0 Å². The Hall–Kier alpha value is -2.92. The molecule has 0 unspecified atom stereocenters. The first kappa shape index (κ1) is 18.9. The fourth-order valence-electron chi connectivity index (χ4n) is 2.43. The largest absolute Gasteiger partial charge is 0.473 e. The Morgan fingerprint density at radius 3 is 2.44 bits per heavy atom. The normalized spacial score (nSPS) is 10.3. The molecule has 27 heavy (non-hydrogen) atoms. The molecule has 0 atom stereocenters. The highest BCUT2D eigenvalue weighted by molar-refractivity contribution is 7.99. The van der Waals surface area contributed by atoms with Crippen molar-refractivity contribution in [1.82, 2.24) is 5.32 Å². The van der Waals surface area contributed by atoms with Crippen LogP contribution in [0.3, 0.4) is 0 Å². The van der Waals surface area contributed by atoms with Gasteiger partial charge in [-0.15, -0.1) is 0 Å². The predicted octanol–water partition coefficient (Wildman–Crippen LogP) is 5.61. The van der Waals surface area contributed by atoms with Gasteiger partial charge in [0, 0.05) is 9.79 Å². The maximum atomic E-state index is 12.2. The summed E-state index contributed by atoms with van der Waals surface area (Å²) in [4.78, 5) is 14.3. The molecule has 3 aromatic rings. The Morgan fingerprint density at radius 2 is 1.67 bits per heavy atom. The van der Waals surface area contributed by atoms with Crippen LogP contribution in [0.25, 0.3) is 0 Å². The molecule has 0 aliphatic heterocycles. The minimum Gasteiger partial charge on any atom is -0.473 e. The van der Waals surface area contributed by atoms with Gasteiger partial charge in [-0.1, -0.05) is 48.2 Å². The number of benzene rings is 3. The van der Waals surface area contributed by atoms with E-state index in [1.165, 1.54) is 5.56 Å². The maximum absolute atomic E-state index is 12.2. The van der Waals surface area contributed by atoms with Gasteiger partial charge in [-0.05, 0) is 61.4 Å². The van der Waals surface area contributed by atoms with E-state index in [-0.39, 0.29) is 12.8 Å². The number of ether oxygens (including phenoxy) is 1. The van der Waals surface area contributed by atoms with Crippen LogP contribution in [0, 0.1) is 13.8 Å². The number of urea groups is 1. The molecule has 0 aromatic heterocycles.